The minimum atomic E-state index is 0.496. The van der Waals surface area contributed by atoms with Gasteiger partial charge in [-0.3, -0.25) is 9.58 Å². The van der Waals surface area contributed by atoms with Crippen LogP contribution in [-0.4, -0.2) is 27.8 Å². The van der Waals surface area contributed by atoms with Gasteiger partial charge in [0.1, 0.15) is 0 Å². The topological polar surface area (TPSA) is 21.1 Å². The quantitative estimate of drug-likeness (QED) is 0.840. The molecule has 0 amide bonds. The molecule has 2 aromatic rings. The standard InChI is InChI=1S/C21H29N3/c1-17-19(13-22-23(17)2)14-24-15-20(18-9-5-3-6-10-18)21(16-24)11-7-4-8-12-21/h3,5-6,9-10,13,20H,4,7-8,11-12,14-16H2,1-2H3. The van der Waals surface area contributed by atoms with E-state index < -0.39 is 0 Å². The summed E-state index contributed by atoms with van der Waals surface area (Å²) in [5.41, 5.74) is 4.73. The molecule has 2 heterocycles. The Morgan fingerprint density at radius 3 is 2.54 bits per heavy atom. The number of nitrogens with zero attached hydrogens (tertiary/aromatic N) is 3. The number of hydrogen-bond donors (Lipinski definition) is 0. The van der Waals surface area contributed by atoms with Gasteiger partial charge in [0.05, 0.1) is 6.20 Å². The van der Waals surface area contributed by atoms with Crippen molar-refractivity contribution in [1.29, 1.82) is 0 Å². The summed E-state index contributed by atoms with van der Waals surface area (Å²) in [6.45, 7) is 5.67. The van der Waals surface area contributed by atoms with E-state index in [0.29, 0.717) is 11.3 Å². The summed E-state index contributed by atoms with van der Waals surface area (Å²) in [5.74, 6) is 0.691. The summed E-state index contributed by atoms with van der Waals surface area (Å²) in [6, 6.07) is 11.3. The lowest BCUT2D eigenvalue weighted by atomic mass is 9.66. The van der Waals surface area contributed by atoms with Gasteiger partial charge in [-0.2, -0.15) is 5.10 Å². The Hall–Kier alpha value is -1.61. The molecule has 3 heteroatoms. The summed E-state index contributed by atoms with van der Waals surface area (Å²) in [5, 5.41) is 4.43. The van der Waals surface area contributed by atoms with Crippen LogP contribution < -0.4 is 0 Å². The van der Waals surface area contributed by atoms with Crippen molar-refractivity contribution >= 4 is 0 Å². The number of hydrogen-bond acceptors (Lipinski definition) is 2. The van der Waals surface area contributed by atoms with Crippen LogP contribution in [0.5, 0.6) is 0 Å². The van der Waals surface area contributed by atoms with E-state index in [1.54, 1.807) is 5.56 Å². The van der Waals surface area contributed by atoms with Gasteiger partial charge >= 0.3 is 0 Å². The maximum absolute atomic E-state index is 4.43. The molecule has 0 radical (unpaired) electrons. The molecule has 1 spiro atoms. The zero-order chi connectivity index (χ0) is 16.6. The molecule has 0 N–H and O–H groups in total. The highest BCUT2D eigenvalue weighted by Gasteiger charge is 2.47. The van der Waals surface area contributed by atoms with Gasteiger partial charge in [0.25, 0.3) is 0 Å². The Morgan fingerprint density at radius 2 is 1.88 bits per heavy atom. The summed E-state index contributed by atoms with van der Waals surface area (Å²) >= 11 is 0. The van der Waals surface area contributed by atoms with Crippen molar-refractivity contribution < 1.29 is 0 Å². The molecule has 128 valence electrons. The number of likely N-dealkylation sites (tertiary alicyclic amines) is 1. The van der Waals surface area contributed by atoms with Crippen molar-refractivity contribution in [3.63, 3.8) is 0 Å². The molecular formula is C21H29N3. The Morgan fingerprint density at radius 1 is 1.12 bits per heavy atom. The Bertz CT molecular complexity index is 682. The summed E-state index contributed by atoms with van der Waals surface area (Å²) in [6.07, 6.45) is 9.08. The van der Waals surface area contributed by atoms with Gasteiger partial charge in [0, 0.05) is 43.9 Å². The van der Waals surface area contributed by atoms with Gasteiger partial charge in [-0.25, -0.2) is 0 Å². The Kier molecular flexibility index (Phi) is 4.21. The van der Waals surface area contributed by atoms with Crippen LogP contribution in [0, 0.1) is 12.3 Å². The molecule has 1 unspecified atom stereocenters. The van der Waals surface area contributed by atoms with Crippen LogP contribution in [0.3, 0.4) is 0 Å². The van der Waals surface area contributed by atoms with Crippen LogP contribution in [0.2, 0.25) is 0 Å². The van der Waals surface area contributed by atoms with E-state index in [-0.39, 0.29) is 0 Å². The monoisotopic (exact) mass is 323 g/mol. The van der Waals surface area contributed by atoms with E-state index in [1.165, 1.54) is 56.5 Å². The summed E-state index contributed by atoms with van der Waals surface area (Å²) in [4.78, 5) is 2.69. The molecule has 1 aromatic carbocycles. The second-order valence-electron chi connectivity index (χ2n) is 7.93. The van der Waals surface area contributed by atoms with E-state index in [4.69, 9.17) is 0 Å². The number of benzene rings is 1. The predicted octanol–water partition coefficient (Wildman–Crippen LogP) is 4.28. The zero-order valence-electron chi connectivity index (χ0n) is 15.0. The van der Waals surface area contributed by atoms with Gasteiger partial charge in [0.15, 0.2) is 0 Å². The minimum absolute atomic E-state index is 0.496. The lowest BCUT2D eigenvalue weighted by molar-refractivity contribution is 0.168. The van der Waals surface area contributed by atoms with Gasteiger partial charge < -0.3 is 0 Å². The van der Waals surface area contributed by atoms with Crippen LogP contribution >= 0.6 is 0 Å². The molecular weight excluding hydrogens is 294 g/mol. The lowest BCUT2D eigenvalue weighted by Crippen LogP contribution is -2.32. The zero-order valence-corrected chi connectivity index (χ0v) is 15.0. The van der Waals surface area contributed by atoms with Crippen LogP contribution in [-0.2, 0) is 13.6 Å². The van der Waals surface area contributed by atoms with Crippen LogP contribution in [0.15, 0.2) is 36.5 Å². The van der Waals surface area contributed by atoms with Gasteiger partial charge in [-0.05, 0) is 30.7 Å². The van der Waals surface area contributed by atoms with Gasteiger partial charge in [-0.1, -0.05) is 49.6 Å². The van der Waals surface area contributed by atoms with E-state index in [9.17, 15) is 0 Å². The average Bonchev–Trinajstić information content (AvgIpc) is 3.11. The molecule has 0 bridgehead atoms. The van der Waals surface area contributed by atoms with E-state index in [2.05, 4.69) is 53.5 Å². The van der Waals surface area contributed by atoms with Crippen molar-refractivity contribution in [2.75, 3.05) is 13.1 Å². The second-order valence-corrected chi connectivity index (χ2v) is 7.93. The highest BCUT2D eigenvalue weighted by molar-refractivity contribution is 5.26. The number of aromatic nitrogens is 2. The molecule has 3 nitrogen and oxygen atoms in total. The normalized spacial score (nSPS) is 23.8. The van der Waals surface area contributed by atoms with Crippen molar-refractivity contribution in [2.45, 2.75) is 51.5 Å². The average molecular weight is 323 g/mol. The lowest BCUT2D eigenvalue weighted by Gasteiger charge is -2.38. The molecule has 24 heavy (non-hydrogen) atoms. The SMILES string of the molecule is Cc1c(CN2CC(c3ccccc3)C3(CCCCC3)C2)cnn1C. The summed E-state index contributed by atoms with van der Waals surface area (Å²) in [7, 11) is 2.04. The maximum Gasteiger partial charge on any atom is 0.0537 e. The third-order valence-electron chi connectivity index (χ3n) is 6.50. The Labute approximate surface area is 145 Å². The maximum atomic E-state index is 4.43. The van der Waals surface area contributed by atoms with E-state index in [1.807, 2.05) is 11.7 Å². The van der Waals surface area contributed by atoms with Crippen molar-refractivity contribution in [2.24, 2.45) is 12.5 Å². The van der Waals surface area contributed by atoms with Gasteiger partial charge in [0.2, 0.25) is 0 Å². The third-order valence-corrected chi connectivity index (χ3v) is 6.50. The molecule has 1 atom stereocenters. The minimum Gasteiger partial charge on any atom is -0.298 e. The van der Waals surface area contributed by atoms with Crippen molar-refractivity contribution in [3.8, 4) is 0 Å². The highest BCUT2D eigenvalue weighted by Crippen LogP contribution is 2.52. The fraction of sp³-hybridized carbons (Fsp3) is 0.571. The first-order valence-electron chi connectivity index (χ1n) is 9.43. The number of rotatable bonds is 3. The first-order valence-corrected chi connectivity index (χ1v) is 9.43. The molecule has 1 saturated heterocycles. The van der Waals surface area contributed by atoms with E-state index >= 15 is 0 Å². The van der Waals surface area contributed by atoms with Gasteiger partial charge in [-0.15, -0.1) is 0 Å². The first-order chi connectivity index (χ1) is 11.7. The largest absolute Gasteiger partial charge is 0.298 e. The molecule has 2 fully saturated rings. The van der Waals surface area contributed by atoms with E-state index in [0.717, 1.165) is 6.54 Å². The number of aryl methyl sites for hydroxylation is 1. The predicted molar refractivity (Wildman–Crippen MR) is 97.9 cm³/mol. The molecule has 1 aromatic heterocycles. The summed E-state index contributed by atoms with van der Waals surface area (Å²) < 4.78 is 2.00. The highest BCUT2D eigenvalue weighted by atomic mass is 15.3. The fourth-order valence-electron chi connectivity index (χ4n) is 5.04. The van der Waals surface area contributed by atoms with Crippen molar-refractivity contribution in [1.82, 2.24) is 14.7 Å². The molecule has 1 saturated carbocycles. The van der Waals surface area contributed by atoms with Crippen LogP contribution in [0.4, 0.5) is 0 Å². The molecule has 1 aliphatic carbocycles. The van der Waals surface area contributed by atoms with Crippen molar-refractivity contribution in [3.05, 3.63) is 53.3 Å². The molecule has 4 rings (SSSR count). The first kappa shape index (κ1) is 15.9. The van der Waals surface area contributed by atoms with Crippen LogP contribution in [0.25, 0.3) is 0 Å². The van der Waals surface area contributed by atoms with Crippen LogP contribution in [0.1, 0.15) is 54.8 Å². The second kappa shape index (κ2) is 6.36. The molecule has 1 aliphatic heterocycles. The third kappa shape index (κ3) is 2.79. The Balaban J connectivity index is 1.59. The smallest absolute Gasteiger partial charge is 0.0537 e. The molecule has 2 aliphatic rings. The fourth-order valence-corrected chi connectivity index (χ4v) is 5.04.